The van der Waals surface area contributed by atoms with Gasteiger partial charge in [0.1, 0.15) is 12.4 Å². The lowest BCUT2D eigenvalue weighted by atomic mass is 9.98. The quantitative estimate of drug-likeness (QED) is 0.862. The van der Waals surface area contributed by atoms with Crippen LogP contribution in [0.15, 0.2) is 16.5 Å². The molecule has 2 N–H and O–H groups in total. The molecule has 2 aromatic rings. The number of anilines is 1. The van der Waals surface area contributed by atoms with Gasteiger partial charge < -0.3 is 14.5 Å². The number of carbonyl (C=O) groups is 1. The second-order valence-corrected chi connectivity index (χ2v) is 5.59. The third-order valence-electron chi connectivity index (χ3n) is 3.88. The molecule has 0 aliphatic carbocycles. The first-order valence-corrected chi connectivity index (χ1v) is 7.68. The molecule has 1 aliphatic heterocycles. The second-order valence-electron chi connectivity index (χ2n) is 5.59. The number of ether oxygens (including phenoxy) is 1. The van der Waals surface area contributed by atoms with Crippen molar-refractivity contribution in [2.75, 3.05) is 25.5 Å². The molecule has 0 unspecified atom stereocenters. The summed E-state index contributed by atoms with van der Waals surface area (Å²) in [6, 6.07) is 3.34. The van der Waals surface area contributed by atoms with E-state index in [2.05, 4.69) is 20.7 Å². The van der Waals surface area contributed by atoms with Gasteiger partial charge in [0.25, 0.3) is 5.91 Å². The highest BCUT2D eigenvalue weighted by Crippen LogP contribution is 2.23. The van der Waals surface area contributed by atoms with Gasteiger partial charge in [-0.25, -0.2) is 4.68 Å². The molecule has 1 amide bonds. The van der Waals surface area contributed by atoms with Crippen molar-refractivity contribution in [3.05, 3.63) is 29.5 Å². The first kappa shape index (κ1) is 15.7. The Morgan fingerprint density at radius 3 is 3.00 bits per heavy atom. The summed E-state index contributed by atoms with van der Waals surface area (Å²) in [6.07, 6.45) is 2.02. The van der Waals surface area contributed by atoms with Crippen LogP contribution in [-0.2, 0) is 18.4 Å². The molecule has 0 aromatic carbocycles. The SMILES string of the molecule is COCc1ccc(C(=O)Nc2nc(C3CCNCC3)nn2C)o1. The highest BCUT2D eigenvalue weighted by atomic mass is 16.5. The molecule has 124 valence electrons. The zero-order chi connectivity index (χ0) is 16.2. The molecular weight excluding hydrogens is 298 g/mol. The zero-order valence-electron chi connectivity index (χ0n) is 13.3. The number of nitrogens with one attached hydrogen (secondary N) is 2. The van der Waals surface area contributed by atoms with Gasteiger partial charge in [0.05, 0.1) is 0 Å². The first-order valence-electron chi connectivity index (χ1n) is 7.68. The van der Waals surface area contributed by atoms with Crippen molar-refractivity contribution >= 4 is 11.9 Å². The molecule has 0 atom stereocenters. The minimum Gasteiger partial charge on any atom is -0.453 e. The molecule has 0 bridgehead atoms. The van der Waals surface area contributed by atoms with Crippen molar-refractivity contribution in [2.45, 2.75) is 25.4 Å². The number of hydrogen-bond donors (Lipinski definition) is 2. The molecule has 1 aliphatic rings. The minimum atomic E-state index is -0.347. The summed E-state index contributed by atoms with van der Waals surface area (Å²) in [4.78, 5) is 16.7. The number of aryl methyl sites for hydroxylation is 1. The van der Waals surface area contributed by atoms with Crippen LogP contribution in [0.1, 0.15) is 40.9 Å². The maximum Gasteiger partial charge on any atom is 0.293 e. The molecule has 0 saturated carbocycles. The molecular formula is C15H21N5O3. The van der Waals surface area contributed by atoms with Gasteiger partial charge in [0.15, 0.2) is 11.6 Å². The van der Waals surface area contributed by atoms with Crippen molar-refractivity contribution < 1.29 is 13.9 Å². The van der Waals surface area contributed by atoms with Crippen LogP contribution in [0.2, 0.25) is 0 Å². The van der Waals surface area contributed by atoms with E-state index in [1.54, 1.807) is 31.0 Å². The van der Waals surface area contributed by atoms with Crippen molar-refractivity contribution in [1.29, 1.82) is 0 Å². The molecule has 0 spiro atoms. The van der Waals surface area contributed by atoms with E-state index < -0.39 is 0 Å². The van der Waals surface area contributed by atoms with Gasteiger partial charge >= 0.3 is 0 Å². The third kappa shape index (κ3) is 3.59. The fourth-order valence-corrected chi connectivity index (χ4v) is 2.65. The van der Waals surface area contributed by atoms with E-state index in [0.29, 0.717) is 24.2 Å². The highest BCUT2D eigenvalue weighted by molar-refractivity contribution is 6.01. The Morgan fingerprint density at radius 2 is 2.26 bits per heavy atom. The van der Waals surface area contributed by atoms with Gasteiger partial charge in [-0.15, -0.1) is 0 Å². The molecule has 2 aromatic heterocycles. The summed E-state index contributed by atoms with van der Waals surface area (Å²) in [5, 5.41) is 10.5. The number of furan rings is 1. The summed E-state index contributed by atoms with van der Waals surface area (Å²) in [6.45, 7) is 2.27. The summed E-state index contributed by atoms with van der Waals surface area (Å²) < 4.78 is 12.0. The predicted molar refractivity (Wildman–Crippen MR) is 83.2 cm³/mol. The number of hydrogen-bond acceptors (Lipinski definition) is 6. The highest BCUT2D eigenvalue weighted by Gasteiger charge is 2.22. The Kier molecular flexibility index (Phi) is 4.73. The molecule has 0 radical (unpaired) electrons. The lowest BCUT2D eigenvalue weighted by Crippen LogP contribution is -2.27. The topological polar surface area (TPSA) is 94.2 Å². The molecule has 1 saturated heterocycles. The molecule has 3 rings (SSSR count). The van der Waals surface area contributed by atoms with Crippen LogP contribution in [0, 0.1) is 0 Å². The number of carbonyl (C=O) groups excluding carboxylic acids is 1. The van der Waals surface area contributed by atoms with Crippen molar-refractivity contribution in [1.82, 2.24) is 20.1 Å². The van der Waals surface area contributed by atoms with Gasteiger partial charge in [-0.05, 0) is 38.1 Å². The van der Waals surface area contributed by atoms with E-state index in [0.717, 1.165) is 31.8 Å². The van der Waals surface area contributed by atoms with Crippen molar-refractivity contribution in [2.24, 2.45) is 7.05 Å². The predicted octanol–water partition coefficient (Wildman–Crippen LogP) is 1.27. The number of rotatable bonds is 5. The van der Waals surface area contributed by atoms with E-state index in [1.165, 1.54) is 0 Å². The summed E-state index contributed by atoms with van der Waals surface area (Å²) in [5.41, 5.74) is 0. The van der Waals surface area contributed by atoms with Gasteiger partial charge in [-0.1, -0.05) is 0 Å². The standard InChI is InChI=1S/C15H21N5O3/c1-20-15(17-13(19-20)10-5-7-16-8-6-10)18-14(21)12-4-3-11(23-12)9-22-2/h3-4,10,16H,5-9H2,1-2H3,(H,17,18,19,21). The maximum atomic E-state index is 12.2. The van der Waals surface area contributed by atoms with Gasteiger partial charge in [-0.3, -0.25) is 10.1 Å². The Bertz CT molecular complexity index is 672. The van der Waals surface area contributed by atoms with E-state index in [9.17, 15) is 4.79 Å². The monoisotopic (exact) mass is 319 g/mol. The van der Waals surface area contributed by atoms with Crippen LogP contribution in [-0.4, -0.2) is 40.9 Å². The van der Waals surface area contributed by atoms with E-state index in [1.807, 2.05) is 0 Å². The summed E-state index contributed by atoms with van der Waals surface area (Å²) in [5.74, 6) is 2.02. The lowest BCUT2D eigenvalue weighted by molar-refractivity contribution is 0.0986. The molecule has 8 nitrogen and oxygen atoms in total. The number of methoxy groups -OCH3 is 1. The smallest absolute Gasteiger partial charge is 0.293 e. The van der Waals surface area contributed by atoms with Crippen LogP contribution in [0.25, 0.3) is 0 Å². The van der Waals surface area contributed by atoms with Crippen LogP contribution in [0.5, 0.6) is 0 Å². The van der Waals surface area contributed by atoms with Gasteiger partial charge in [0, 0.05) is 20.1 Å². The zero-order valence-corrected chi connectivity index (χ0v) is 13.3. The van der Waals surface area contributed by atoms with Crippen LogP contribution >= 0.6 is 0 Å². The van der Waals surface area contributed by atoms with Gasteiger partial charge in [0.2, 0.25) is 5.95 Å². The minimum absolute atomic E-state index is 0.225. The Morgan fingerprint density at radius 1 is 1.48 bits per heavy atom. The van der Waals surface area contributed by atoms with E-state index >= 15 is 0 Å². The van der Waals surface area contributed by atoms with Gasteiger partial charge in [-0.2, -0.15) is 10.1 Å². The average Bonchev–Trinajstić information content (AvgIpc) is 3.16. The number of piperidine rings is 1. The number of aromatic nitrogens is 3. The summed E-state index contributed by atoms with van der Waals surface area (Å²) in [7, 11) is 3.34. The van der Waals surface area contributed by atoms with Crippen LogP contribution in [0.3, 0.4) is 0 Å². The molecule has 1 fully saturated rings. The molecule has 3 heterocycles. The lowest BCUT2D eigenvalue weighted by Gasteiger charge is -2.19. The third-order valence-corrected chi connectivity index (χ3v) is 3.88. The van der Waals surface area contributed by atoms with E-state index in [-0.39, 0.29) is 11.7 Å². The fraction of sp³-hybridized carbons (Fsp3) is 0.533. The number of amides is 1. The number of nitrogens with zero attached hydrogens (tertiary/aromatic N) is 3. The van der Waals surface area contributed by atoms with Crippen LogP contribution < -0.4 is 10.6 Å². The molecule has 8 heteroatoms. The largest absolute Gasteiger partial charge is 0.453 e. The van der Waals surface area contributed by atoms with Crippen molar-refractivity contribution in [3.8, 4) is 0 Å². The summed E-state index contributed by atoms with van der Waals surface area (Å²) >= 11 is 0. The Hall–Kier alpha value is -2.19. The second kappa shape index (κ2) is 6.93. The normalized spacial score (nSPS) is 15.7. The van der Waals surface area contributed by atoms with Crippen LogP contribution in [0.4, 0.5) is 5.95 Å². The Balaban J connectivity index is 1.69. The molecule has 23 heavy (non-hydrogen) atoms. The average molecular weight is 319 g/mol. The maximum absolute atomic E-state index is 12.2. The fourth-order valence-electron chi connectivity index (χ4n) is 2.65. The van der Waals surface area contributed by atoms with E-state index in [4.69, 9.17) is 9.15 Å². The first-order chi connectivity index (χ1) is 11.2. The Labute approximate surface area is 134 Å². The van der Waals surface area contributed by atoms with Crippen molar-refractivity contribution in [3.63, 3.8) is 0 Å².